The van der Waals surface area contributed by atoms with Crippen molar-refractivity contribution in [2.24, 2.45) is 0 Å². The largest absolute Gasteiger partial charge is 0.489 e. The van der Waals surface area contributed by atoms with Gasteiger partial charge in [0, 0.05) is 36.4 Å². The fourth-order valence-electron chi connectivity index (χ4n) is 6.18. The van der Waals surface area contributed by atoms with Gasteiger partial charge in [0.1, 0.15) is 30.1 Å². The molecule has 1 saturated carbocycles. The van der Waals surface area contributed by atoms with E-state index in [0.29, 0.717) is 24.5 Å². The molecule has 4 aromatic rings. The van der Waals surface area contributed by atoms with Crippen LogP contribution in [-0.4, -0.2) is 51.8 Å². The fourth-order valence-corrected chi connectivity index (χ4v) is 6.18. The van der Waals surface area contributed by atoms with Gasteiger partial charge in [-0.2, -0.15) is 0 Å². The molecule has 0 radical (unpaired) electrons. The van der Waals surface area contributed by atoms with Crippen LogP contribution in [0.4, 0.5) is 5.82 Å². The van der Waals surface area contributed by atoms with Gasteiger partial charge in [0.25, 0.3) is 0 Å². The lowest BCUT2D eigenvalue weighted by molar-refractivity contribution is 0.00553. The lowest BCUT2D eigenvalue weighted by Crippen LogP contribution is -2.45. The van der Waals surface area contributed by atoms with Gasteiger partial charge < -0.3 is 19.8 Å². The van der Waals surface area contributed by atoms with Gasteiger partial charge in [-0.15, -0.1) is 0 Å². The van der Waals surface area contributed by atoms with Crippen LogP contribution < -0.4 is 10.5 Å². The van der Waals surface area contributed by atoms with E-state index in [1.54, 1.807) is 6.33 Å². The molecule has 1 aliphatic heterocycles. The first kappa shape index (κ1) is 23.9. The standard InChI is InChI=1S/C30H35N5O2/c1-21-27(23-8-5-9-26(18-23)37-19-22-6-3-2-4-7-22)28-29(31)32-20-33-30(28)35(21)25-12-10-24(11-13-25)34-14-16-36-17-15-34/h2-9,18,20,24-25H,10-17,19H2,1H3,(H2,31,32,33). The number of hydrogen-bond donors (Lipinski definition) is 1. The number of nitrogens with zero attached hydrogens (tertiary/aromatic N) is 4. The van der Waals surface area contributed by atoms with Crippen LogP contribution >= 0.6 is 0 Å². The van der Waals surface area contributed by atoms with Crippen LogP contribution in [0, 0.1) is 6.92 Å². The van der Waals surface area contributed by atoms with Crippen molar-refractivity contribution >= 4 is 16.9 Å². The summed E-state index contributed by atoms with van der Waals surface area (Å²) < 4.78 is 14.1. The second kappa shape index (κ2) is 10.5. The smallest absolute Gasteiger partial charge is 0.146 e. The van der Waals surface area contributed by atoms with Crippen molar-refractivity contribution in [1.82, 2.24) is 19.4 Å². The third-order valence-corrected chi connectivity index (χ3v) is 8.02. The number of nitrogens with two attached hydrogens (primary N) is 1. The highest BCUT2D eigenvalue weighted by Gasteiger charge is 2.31. The van der Waals surface area contributed by atoms with E-state index in [-0.39, 0.29) is 0 Å². The molecule has 2 aromatic heterocycles. The number of anilines is 1. The van der Waals surface area contributed by atoms with Crippen LogP contribution in [0.3, 0.4) is 0 Å². The van der Waals surface area contributed by atoms with Crippen molar-refractivity contribution in [2.75, 3.05) is 32.0 Å². The monoisotopic (exact) mass is 497 g/mol. The van der Waals surface area contributed by atoms with E-state index in [1.165, 1.54) is 18.5 Å². The lowest BCUT2D eigenvalue weighted by atomic mass is 9.89. The summed E-state index contributed by atoms with van der Waals surface area (Å²) in [6.07, 6.45) is 6.26. The molecule has 1 aliphatic carbocycles. The summed E-state index contributed by atoms with van der Waals surface area (Å²) >= 11 is 0. The Morgan fingerprint density at radius 3 is 2.49 bits per heavy atom. The number of nitrogen functional groups attached to an aromatic ring is 1. The molecular formula is C30H35N5O2. The van der Waals surface area contributed by atoms with Crippen LogP contribution in [-0.2, 0) is 11.3 Å². The molecule has 6 rings (SSSR count). The predicted octanol–water partition coefficient (Wildman–Crippen LogP) is 5.38. The number of aromatic nitrogens is 3. The first-order chi connectivity index (χ1) is 18.2. The van der Waals surface area contributed by atoms with Crippen LogP contribution in [0.1, 0.15) is 43.0 Å². The molecule has 7 heteroatoms. The molecular weight excluding hydrogens is 462 g/mol. The van der Waals surface area contributed by atoms with E-state index in [9.17, 15) is 0 Å². The minimum atomic E-state index is 0.403. The zero-order chi connectivity index (χ0) is 25.2. The van der Waals surface area contributed by atoms with Gasteiger partial charge in [-0.25, -0.2) is 9.97 Å². The fraction of sp³-hybridized carbons (Fsp3) is 0.400. The summed E-state index contributed by atoms with van der Waals surface area (Å²) in [5, 5.41) is 0.940. The first-order valence-electron chi connectivity index (χ1n) is 13.4. The van der Waals surface area contributed by atoms with Crippen molar-refractivity contribution in [3.8, 4) is 16.9 Å². The van der Waals surface area contributed by atoms with Crippen LogP contribution in [0.5, 0.6) is 5.75 Å². The van der Waals surface area contributed by atoms with Gasteiger partial charge in [0.15, 0.2) is 0 Å². The first-order valence-corrected chi connectivity index (χ1v) is 13.4. The van der Waals surface area contributed by atoms with Gasteiger partial charge in [-0.3, -0.25) is 4.90 Å². The van der Waals surface area contributed by atoms with Gasteiger partial charge in [-0.05, 0) is 55.9 Å². The number of benzene rings is 2. The van der Waals surface area contributed by atoms with Gasteiger partial charge in [0.2, 0.25) is 0 Å². The maximum atomic E-state index is 6.48. The second-order valence-electron chi connectivity index (χ2n) is 10.2. The number of rotatable bonds is 6. The van der Waals surface area contributed by atoms with Crippen molar-refractivity contribution < 1.29 is 9.47 Å². The Hall–Kier alpha value is -3.42. The molecule has 0 atom stereocenters. The van der Waals surface area contributed by atoms with Crippen LogP contribution in [0.25, 0.3) is 22.2 Å². The molecule has 3 heterocycles. The lowest BCUT2D eigenvalue weighted by Gasteiger charge is -2.39. The van der Waals surface area contributed by atoms with E-state index >= 15 is 0 Å². The van der Waals surface area contributed by atoms with Gasteiger partial charge >= 0.3 is 0 Å². The van der Waals surface area contributed by atoms with Gasteiger partial charge in [-0.1, -0.05) is 42.5 Å². The Bertz CT molecular complexity index is 1360. The van der Waals surface area contributed by atoms with E-state index < -0.39 is 0 Å². The average Bonchev–Trinajstić information content (AvgIpc) is 3.26. The van der Waals surface area contributed by atoms with Gasteiger partial charge in [0.05, 0.1) is 18.6 Å². The maximum Gasteiger partial charge on any atom is 0.146 e. The predicted molar refractivity (Wildman–Crippen MR) is 147 cm³/mol. The molecule has 0 unspecified atom stereocenters. The Labute approximate surface area is 218 Å². The molecule has 0 bridgehead atoms. The molecule has 2 aliphatic rings. The Morgan fingerprint density at radius 1 is 0.946 bits per heavy atom. The molecule has 2 fully saturated rings. The average molecular weight is 498 g/mol. The molecule has 192 valence electrons. The molecule has 0 spiro atoms. The number of hydrogen-bond acceptors (Lipinski definition) is 6. The number of morpholine rings is 1. The summed E-state index contributed by atoms with van der Waals surface area (Å²) in [7, 11) is 0. The van der Waals surface area contributed by atoms with Crippen molar-refractivity contribution in [3.05, 3.63) is 72.2 Å². The van der Waals surface area contributed by atoms with E-state index in [1.807, 2.05) is 30.3 Å². The minimum absolute atomic E-state index is 0.403. The molecule has 0 amide bonds. The highest BCUT2D eigenvalue weighted by Crippen LogP contribution is 2.42. The summed E-state index contributed by atoms with van der Waals surface area (Å²) in [6, 6.07) is 19.6. The SMILES string of the molecule is Cc1c(-c2cccc(OCc3ccccc3)c2)c2c(N)ncnc2n1C1CCC(N2CCOCC2)CC1. The minimum Gasteiger partial charge on any atom is -0.489 e. The Kier molecular flexibility index (Phi) is 6.81. The summed E-state index contributed by atoms with van der Waals surface area (Å²) in [6.45, 7) is 6.55. The van der Waals surface area contributed by atoms with E-state index in [0.717, 1.165) is 72.6 Å². The Balaban J connectivity index is 1.30. The molecule has 37 heavy (non-hydrogen) atoms. The highest BCUT2D eigenvalue weighted by atomic mass is 16.5. The number of ether oxygens (including phenoxy) is 2. The van der Waals surface area contributed by atoms with Crippen molar-refractivity contribution in [2.45, 2.75) is 51.3 Å². The maximum absolute atomic E-state index is 6.48. The second-order valence-corrected chi connectivity index (χ2v) is 10.2. The number of fused-ring (bicyclic) bond motifs is 1. The van der Waals surface area contributed by atoms with Crippen molar-refractivity contribution in [1.29, 1.82) is 0 Å². The summed E-state index contributed by atoms with van der Waals surface area (Å²) in [5.41, 5.74) is 11.9. The topological polar surface area (TPSA) is 78.4 Å². The van der Waals surface area contributed by atoms with Crippen LogP contribution in [0.2, 0.25) is 0 Å². The zero-order valence-corrected chi connectivity index (χ0v) is 21.5. The molecule has 2 N–H and O–H groups in total. The van der Waals surface area contributed by atoms with Crippen LogP contribution in [0.15, 0.2) is 60.9 Å². The Morgan fingerprint density at radius 2 is 1.70 bits per heavy atom. The third kappa shape index (κ3) is 4.81. The molecule has 1 saturated heterocycles. The summed E-state index contributed by atoms with van der Waals surface area (Å²) in [4.78, 5) is 11.7. The normalized spacial score (nSPS) is 20.8. The molecule has 2 aromatic carbocycles. The third-order valence-electron chi connectivity index (χ3n) is 8.02. The quantitative estimate of drug-likeness (QED) is 0.385. The van der Waals surface area contributed by atoms with E-state index in [4.69, 9.17) is 20.2 Å². The highest BCUT2D eigenvalue weighted by molar-refractivity contribution is 6.02. The van der Waals surface area contributed by atoms with Crippen molar-refractivity contribution in [3.63, 3.8) is 0 Å². The zero-order valence-electron chi connectivity index (χ0n) is 21.5. The molecule has 7 nitrogen and oxygen atoms in total. The van der Waals surface area contributed by atoms with E-state index in [2.05, 4.69) is 45.6 Å². The summed E-state index contributed by atoms with van der Waals surface area (Å²) in [5.74, 6) is 1.36.